The summed E-state index contributed by atoms with van der Waals surface area (Å²) in [6.07, 6.45) is 2.91. The molecule has 7 heteroatoms. The number of nitrogens with zero attached hydrogens (tertiary/aromatic N) is 3. The number of nitro benzene ring substituents is 1. The van der Waals surface area contributed by atoms with Crippen LogP contribution >= 0.6 is 0 Å². The molecule has 6 nitrogen and oxygen atoms in total. The van der Waals surface area contributed by atoms with Crippen LogP contribution in [0.15, 0.2) is 42.7 Å². The summed E-state index contributed by atoms with van der Waals surface area (Å²) < 4.78 is 19.6. The van der Waals surface area contributed by atoms with Crippen LogP contribution in [0.2, 0.25) is 0 Å². The molecule has 0 N–H and O–H groups in total. The van der Waals surface area contributed by atoms with Crippen LogP contribution in [0.3, 0.4) is 0 Å². The molecule has 0 aliphatic heterocycles. The highest BCUT2D eigenvalue weighted by Gasteiger charge is 2.17. The zero-order valence-corrected chi connectivity index (χ0v) is 11.0. The number of benzene rings is 1. The fourth-order valence-electron chi connectivity index (χ4n) is 2.10. The maximum absolute atomic E-state index is 13.2. The lowest BCUT2D eigenvalue weighted by molar-refractivity contribution is -0.385. The number of halogens is 1. The third-order valence-electron chi connectivity index (χ3n) is 3.09. The van der Waals surface area contributed by atoms with Crippen molar-refractivity contribution in [1.29, 1.82) is 0 Å². The fraction of sp³-hybridized carbons (Fsp3) is 0.0714. The first kappa shape index (κ1) is 13.0. The van der Waals surface area contributed by atoms with E-state index in [1.54, 1.807) is 12.3 Å². The van der Waals surface area contributed by atoms with Crippen molar-refractivity contribution >= 4 is 11.3 Å². The smallest absolute Gasteiger partial charge is 0.311 e. The normalized spacial score (nSPS) is 10.8. The van der Waals surface area contributed by atoms with Gasteiger partial charge in [0.2, 0.25) is 0 Å². The van der Waals surface area contributed by atoms with E-state index in [0.29, 0.717) is 16.9 Å². The Balaban J connectivity index is 2.13. The molecule has 0 amide bonds. The Labute approximate surface area is 118 Å². The average molecular weight is 287 g/mol. The lowest BCUT2D eigenvalue weighted by Gasteiger charge is -2.02. The van der Waals surface area contributed by atoms with E-state index in [4.69, 9.17) is 4.74 Å². The van der Waals surface area contributed by atoms with Crippen LogP contribution in [0, 0.1) is 15.9 Å². The number of nitro groups is 1. The van der Waals surface area contributed by atoms with Gasteiger partial charge < -0.3 is 9.14 Å². The number of fused-ring (bicyclic) bond motifs is 1. The second-order valence-corrected chi connectivity index (χ2v) is 4.38. The van der Waals surface area contributed by atoms with Crippen LogP contribution in [0.4, 0.5) is 10.1 Å². The van der Waals surface area contributed by atoms with Gasteiger partial charge in [-0.25, -0.2) is 9.37 Å². The van der Waals surface area contributed by atoms with Gasteiger partial charge in [-0.15, -0.1) is 0 Å². The maximum Gasteiger partial charge on any atom is 0.311 e. The minimum atomic E-state index is -0.516. The van der Waals surface area contributed by atoms with E-state index >= 15 is 0 Å². The first-order valence-corrected chi connectivity index (χ1v) is 6.05. The number of pyridine rings is 1. The van der Waals surface area contributed by atoms with Crippen LogP contribution in [-0.2, 0) is 0 Å². The van der Waals surface area contributed by atoms with Crippen molar-refractivity contribution in [2.75, 3.05) is 7.11 Å². The molecule has 106 valence electrons. The number of methoxy groups -OCH3 is 1. The Kier molecular flexibility index (Phi) is 3.02. The average Bonchev–Trinajstić information content (AvgIpc) is 2.89. The number of aromatic nitrogens is 2. The number of hydrogen-bond acceptors (Lipinski definition) is 4. The summed E-state index contributed by atoms with van der Waals surface area (Å²) in [5.74, 6) is -0.203. The van der Waals surface area contributed by atoms with Gasteiger partial charge in [0.15, 0.2) is 5.75 Å². The highest BCUT2D eigenvalue weighted by Crippen LogP contribution is 2.31. The van der Waals surface area contributed by atoms with E-state index in [9.17, 15) is 14.5 Å². The molecule has 2 aromatic heterocycles. The van der Waals surface area contributed by atoms with E-state index in [0.717, 1.165) is 0 Å². The standard InChI is InChI=1S/C14H10FN3O3/c1-21-13-4-2-9(6-12(13)18(19)20)11-8-17-7-10(15)3-5-14(17)16-11/h2-8H,1H3. The highest BCUT2D eigenvalue weighted by molar-refractivity contribution is 5.68. The van der Waals surface area contributed by atoms with E-state index < -0.39 is 4.92 Å². The summed E-state index contributed by atoms with van der Waals surface area (Å²) in [5.41, 5.74) is 1.50. The van der Waals surface area contributed by atoms with Gasteiger partial charge in [-0.3, -0.25) is 10.1 Å². The Morgan fingerprint density at radius 1 is 1.29 bits per heavy atom. The summed E-state index contributed by atoms with van der Waals surface area (Å²) in [5, 5.41) is 11.0. The molecule has 0 saturated carbocycles. The van der Waals surface area contributed by atoms with Gasteiger partial charge in [0.25, 0.3) is 0 Å². The largest absolute Gasteiger partial charge is 0.490 e. The molecule has 0 bridgehead atoms. The third kappa shape index (κ3) is 2.29. The van der Waals surface area contributed by atoms with Crippen LogP contribution in [0.25, 0.3) is 16.9 Å². The molecule has 0 spiro atoms. The van der Waals surface area contributed by atoms with Crippen molar-refractivity contribution in [2.45, 2.75) is 0 Å². The van der Waals surface area contributed by atoms with Crippen molar-refractivity contribution in [1.82, 2.24) is 9.38 Å². The minimum Gasteiger partial charge on any atom is -0.490 e. The number of hydrogen-bond donors (Lipinski definition) is 0. The third-order valence-corrected chi connectivity index (χ3v) is 3.09. The SMILES string of the molecule is COc1ccc(-c2cn3cc(F)ccc3n2)cc1[N+](=O)[O-]. The molecular formula is C14H10FN3O3. The second kappa shape index (κ2) is 4.86. The molecule has 0 radical (unpaired) electrons. The molecule has 3 aromatic rings. The predicted molar refractivity (Wildman–Crippen MR) is 73.8 cm³/mol. The summed E-state index contributed by atoms with van der Waals surface area (Å²) in [6.45, 7) is 0. The van der Waals surface area contributed by atoms with E-state index in [1.165, 1.54) is 42.0 Å². The monoisotopic (exact) mass is 287 g/mol. The Hall–Kier alpha value is -2.96. The van der Waals surface area contributed by atoms with Crippen molar-refractivity contribution < 1.29 is 14.1 Å². The molecule has 21 heavy (non-hydrogen) atoms. The van der Waals surface area contributed by atoms with Crippen LogP contribution in [0.5, 0.6) is 5.75 Å². The first-order valence-electron chi connectivity index (χ1n) is 6.05. The van der Waals surface area contributed by atoms with Crippen LogP contribution < -0.4 is 4.74 Å². The molecular weight excluding hydrogens is 277 g/mol. The second-order valence-electron chi connectivity index (χ2n) is 4.38. The topological polar surface area (TPSA) is 69.7 Å². The zero-order valence-electron chi connectivity index (χ0n) is 11.0. The molecule has 0 aliphatic carbocycles. The Morgan fingerprint density at radius 2 is 2.10 bits per heavy atom. The highest BCUT2D eigenvalue weighted by atomic mass is 19.1. The Morgan fingerprint density at radius 3 is 2.81 bits per heavy atom. The van der Waals surface area contributed by atoms with Crippen molar-refractivity contribution in [3.05, 3.63) is 58.7 Å². The van der Waals surface area contributed by atoms with E-state index in [1.807, 2.05) is 0 Å². The number of imidazole rings is 1. The lowest BCUT2D eigenvalue weighted by atomic mass is 10.1. The molecule has 3 rings (SSSR count). The van der Waals surface area contributed by atoms with Gasteiger partial charge in [-0.05, 0) is 24.3 Å². The zero-order chi connectivity index (χ0) is 15.0. The van der Waals surface area contributed by atoms with Gasteiger partial charge in [0.05, 0.1) is 17.7 Å². The van der Waals surface area contributed by atoms with Crippen molar-refractivity contribution in [2.24, 2.45) is 0 Å². The predicted octanol–water partition coefficient (Wildman–Crippen LogP) is 3.06. The summed E-state index contributed by atoms with van der Waals surface area (Å²) in [7, 11) is 1.37. The molecule has 0 unspecified atom stereocenters. The van der Waals surface area contributed by atoms with Crippen molar-refractivity contribution in [3.63, 3.8) is 0 Å². The number of rotatable bonds is 3. The summed E-state index contributed by atoms with van der Waals surface area (Å²) in [6, 6.07) is 7.42. The minimum absolute atomic E-state index is 0.141. The van der Waals surface area contributed by atoms with Gasteiger partial charge in [-0.1, -0.05) is 0 Å². The molecule has 0 saturated heterocycles. The van der Waals surface area contributed by atoms with Gasteiger partial charge >= 0.3 is 5.69 Å². The molecule has 0 fully saturated rings. The van der Waals surface area contributed by atoms with E-state index in [-0.39, 0.29) is 17.3 Å². The van der Waals surface area contributed by atoms with E-state index in [2.05, 4.69) is 4.98 Å². The summed E-state index contributed by atoms with van der Waals surface area (Å²) >= 11 is 0. The van der Waals surface area contributed by atoms with Gasteiger partial charge in [0, 0.05) is 24.0 Å². The van der Waals surface area contributed by atoms with Crippen LogP contribution in [0.1, 0.15) is 0 Å². The maximum atomic E-state index is 13.2. The number of ether oxygens (including phenoxy) is 1. The summed E-state index contributed by atoms with van der Waals surface area (Å²) in [4.78, 5) is 14.8. The van der Waals surface area contributed by atoms with Crippen LogP contribution in [-0.4, -0.2) is 21.4 Å². The molecule has 0 atom stereocenters. The quantitative estimate of drug-likeness (QED) is 0.548. The van der Waals surface area contributed by atoms with Gasteiger partial charge in [-0.2, -0.15) is 0 Å². The van der Waals surface area contributed by atoms with Gasteiger partial charge in [0.1, 0.15) is 11.5 Å². The fourth-order valence-corrected chi connectivity index (χ4v) is 2.10. The Bertz CT molecular complexity index is 845. The first-order chi connectivity index (χ1) is 10.1. The molecule has 0 aliphatic rings. The lowest BCUT2D eigenvalue weighted by Crippen LogP contribution is -1.94. The molecule has 1 aromatic carbocycles. The molecule has 2 heterocycles. The van der Waals surface area contributed by atoms with Crippen molar-refractivity contribution in [3.8, 4) is 17.0 Å².